The van der Waals surface area contributed by atoms with Crippen molar-refractivity contribution in [3.8, 4) is 11.6 Å². The minimum Gasteiger partial charge on any atom is -0.439 e. The van der Waals surface area contributed by atoms with Gasteiger partial charge < -0.3 is 9.84 Å². The molecule has 27 heavy (non-hydrogen) atoms. The zero-order valence-corrected chi connectivity index (χ0v) is 15.0. The van der Waals surface area contributed by atoms with Crippen molar-refractivity contribution >= 4 is 16.3 Å². The van der Waals surface area contributed by atoms with Gasteiger partial charge in [0.25, 0.3) is 5.56 Å². The summed E-state index contributed by atoms with van der Waals surface area (Å²) in [6, 6.07) is 5.59. The molecule has 142 valence electrons. The fourth-order valence-corrected chi connectivity index (χ4v) is 4.23. The molecule has 2 aromatic heterocycles. The van der Waals surface area contributed by atoms with Crippen LogP contribution in [-0.2, 0) is 6.18 Å². The van der Waals surface area contributed by atoms with Crippen LogP contribution in [0.3, 0.4) is 0 Å². The molecule has 3 aromatic rings. The highest BCUT2D eigenvalue weighted by atomic mass is 32.1. The molecule has 4 rings (SSSR count). The molecular formula is C18H15F3N2O3S. The summed E-state index contributed by atoms with van der Waals surface area (Å²) < 4.78 is 45.4. The molecule has 0 radical (unpaired) electrons. The summed E-state index contributed by atoms with van der Waals surface area (Å²) in [5.41, 5.74) is -0.349. The van der Waals surface area contributed by atoms with Crippen molar-refractivity contribution in [1.29, 1.82) is 0 Å². The summed E-state index contributed by atoms with van der Waals surface area (Å²) in [5, 5.41) is 9.30. The van der Waals surface area contributed by atoms with Crippen LogP contribution in [0.2, 0.25) is 0 Å². The van der Waals surface area contributed by atoms with Crippen LogP contribution in [0.15, 0.2) is 35.1 Å². The van der Waals surface area contributed by atoms with E-state index in [0.29, 0.717) is 4.96 Å². The number of benzene rings is 1. The van der Waals surface area contributed by atoms with Gasteiger partial charge in [0.2, 0.25) is 5.88 Å². The highest BCUT2D eigenvalue weighted by Gasteiger charge is 2.41. The lowest BCUT2D eigenvalue weighted by Gasteiger charge is -2.09. The number of nitrogens with zero attached hydrogens (tertiary/aromatic N) is 2. The number of hydrogen-bond donors (Lipinski definition) is 1. The average molecular weight is 396 g/mol. The van der Waals surface area contributed by atoms with Gasteiger partial charge in [-0.3, -0.25) is 9.20 Å². The molecule has 0 spiro atoms. The number of thiazole rings is 1. The van der Waals surface area contributed by atoms with Crippen LogP contribution in [0.25, 0.3) is 4.96 Å². The molecule has 1 N–H and O–H groups in total. The summed E-state index contributed by atoms with van der Waals surface area (Å²) >= 11 is 1.32. The van der Waals surface area contributed by atoms with Gasteiger partial charge in [-0.1, -0.05) is 6.07 Å². The SMILES string of the molecule is Cc1sc2nc(Oc3cccc(C(F)(F)F)c3)cc(=O)n2c1C1CC1CO. The second-order valence-electron chi connectivity index (χ2n) is 6.51. The number of aromatic nitrogens is 2. The molecule has 0 bridgehead atoms. The van der Waals surface area contributed by atoms with E-state index in [2.05, 4.69) is 4.98 Å². The van der Waals surface area contributed by atoms with E-state index < -0.39 is 11.7 Å². The van der Waals surface area contributed by atoms with E-state index in [9.17, 15) is 23.1 Å². The first kappa shape index (κ1) is 18.0. The predicted octanol–water partition coefficient (Wildman–Crippen LogP) is 3.97. The fraction of sp³-hybridized carbons (Fsp3) is 0.333. The largest absolute Gasteiger partial charge is 0.439 e. The molecule has 9 heteroatoms. The number of aryl methyl sites for hydroxylation is 1. The van der Waals surface area contributed by atoms with E-state index in [-0.39, 0.29) is 35.6 Å². The molecule has 1 aliphatic carbocycles. The molecule has 1 saturated carbocycles. The standard InChI is InChI=1S/C18H15F3N2O3S/c1-9-16(13-5-10(13)8-24)23-15(25)7-14(22-17(23)27-9)26-12-4-2-3-11(6-12)18(19,20)21/h2-4,6-7,10,13,24H,5,8H2,1H3. The van der Waals surface area contributed by atoms with E-state index in [1.54, 1.807) is 0 Å². The van der Waals surface area contributed by atoms with E-state index in [4.69, 9.17) is 4.74 Å². The van der Waals surface area contributed by atoms with Crippen molar-refractivity contribution < 1.29 is 23.0 Å². The highest BCUT2D eigenvalue weighted by molar-refractivity contribution is 7.17. The second kappa shape index (κ2) is 6.35. The zero-order chi connectivity index (χ0) is 19.3. The molecule has 1 fully saturated rings. The lowest BCUT2D eigenvalue weighted by atomic mass is 10.2. The third-order valence-electron chi connectivity index (χ3n) is 4.60. The number of ether oxygens (including phenoxy) is 1. The van der Waals surface area contributed by atoms with Gasteiger partial charge in [0, 0.05) is 23.1 Å². The van der Waals surface area contributed by atoms with E-state index >= 15 is 0 Å². The minimum absolute atomic E-state index is 0.0443. The smallest absolute Gasteiger partial charge is 0.416 e. The number of aliphatic hydroxyl groups is 1. The third-order valence-corrected chi connectivity index (χ3v) is 5.57. The second-order valence-corrected chi connectivity index (χ2v) is 7.69. The first-order chi connectivity index (χ1) is 12.8. The number of halogens is 3. The Balaban J connectivity index is 1.70. The lowest BCUT2D eigenvalue weighted by Crippen LogP contribution is -2.15. The fourth-order valence-electron chi connectivity index (χ4n) is 3.20. The first-order valence-electron chi connectivity index (χ1n) is 8.27. The molecule has 5 nitrogen and oxygen atoms in total. The Bertz CT molecular complexity index is 1070. The van der Waals surface area contributed by atoms with Crippen LogP contribution in [0.4, 0.5) is 13.2 Å². The molecule has 1 aromatic carbocycles. The van der Waals surface area contributed by atoms with Gasteiger partial charge in [-0.05, 0) is 37.5 Å². The van der Waals surface area contributed by atoms with Gasteiger partial charge in [0.05, 0.1) is 11.6 Å². The Hall–Kier alpha value is -2.39. The number of fused-ring (bicyclic) bond motifs is 1. The van der Waals surface area contributed by atoms with Crippen LogP contribution in [-0.4, -0.2) is 21.1 Å². The molecule has 0 aliphatic heterocycles. The van der Waals surface area contributed by atoms with Crippen molar-refractivity contribution in [1.82, 2.24) is 9.38 Å². The van der Waals surface area contributed by atoms with E-state index in [0.717, 1.165) is 29.1 Å². The van der Waals surface area contributed by atoms with Gasteiger partial charge in [-0.2, -0.15) is 18.2 Å². The Kier molecular flexibility index (Phi) is 4.23. The molecule has 2 heterocycles. The number of hydrogen-bond acceptors (Lipinski definition) is 5. The molecule has 0 saturated heterocycles. The van der Waals surface area contributed by atoms with Crippen LogP contribution in [0.5, 0.6) is 11.6 Å². The van der Waals surface area contributed by atoms with Gasteiger partial charge >= 0.3 is 6.18 Å². The number of aliphatic hydroxyl groups excluding tert-OH is 1. The maximum Gasteiger partial charge on any atom is 0.416 e. The monoisotopic (exact) mass is 396 g/mol. The van der Waals surface area contributed by atoms with Crippen molar-refractivity contribution in [3.05, 3.63) is 56.8 Å². The van der Waals surface area contributed by atoms with Gasteiger partial charge in [-0.15, -0.1) is 11.3 Å². The third kappa shape index (κ3) is 3.32. The summed E-state index contributed by atoms with van der Waals surface area (Å²) in [4.78, 5) is 18.2. The quantitative estimate of drug-likeness (QED) is 0.725. The summed E-state index contributed by atoms with van der Waals surface area (Å²) in [6.45, 7) is 1.95. The highest BCUT2D eigenvalue weighted by Crippen LogP contribution is 2.49. The summed E-state index contributed by atoms with van der Waals surface area (Å²) in [5.74, 6) is 0.173. The zero-order valence-electron chi connectivity index (χ0n) is 14.2. The lowest BCUT2D eigenvalue weighted by molar-refractivity contribution is -0.137. The van der Waals surface area contributed by atoms with Crippen LogP contribution in [0, 0.1) is 12.8 Å². The number of rotatable bonds is 4. The van der Waals surface area contributed by atoms with Crippen LogP contribution in [0.1, 0.15) is 28.5 Å². The Morgan fingerprint density at radius 2 is 2.15 bits per heavy atom. The van der Waals surface area contributed by atoms with Crippen molar-refractivity contribution in [2.24, 2.45) is 5.92 Å². The van der Waals surface area contributed by atoms with Crippen LogP contribution >= 0.6 is 11.3 Å². The van der Waals surface area contributed by atoms with Gasteiger partial charge in [-0.25, -0.2) is 0 Å². The maximum atomic E-state index is 12.8. The molecular weight excluding hydrogens is 381 g/mol. The van der Waals surface area contributed by atoms with E-state index in [1.165, 1.54) is 33.9 Å². The topological polar surface area (TPSA) is 63.8 Å². The predicted molar refractivity (Wildman–Crippen MR) is 93.5 cm³/mol. The minimum atomic E-state index is -4.48. The van der Waals surface area contributed by atoms with Crippen molar-refractivity contribution in [2.75, 3.05) is 6.61 Å². The van der Waals surface area contributed by atoms with Crippen molar-refractivity contribution in [3.63, 3.8) is 0 Å². The normalized spacial score (nSPS) is 19.4. The first-order valence-corrected chi connectivity index (χ1v) is 9.08. The molecule has 1 aliphatic rings. The number of alkyl halides is 3. The molecule has 0 amide bonds. The Morgan fingerprint density at radius 3 is 2.81 bits per heavy atom. The van der Waals surface area contributed by atoms with E-state index in [1.807, 2.05) is 6.92 Å². The Labute approximate surface area is 155 Å². The maximum absolute atomic E-state index is 12.8. The summed E-state index contributed by atoms with van der Waals surface area (Å²) in [7, 11) is 0. The molecule has 2 atom stereocenters. The van der Waals surface area contributed by atoms with Gasteiger partial charge in [0.15, 0.2) is 4.96 Å². The summed E-state index contributed by atoms with van der Waals surface area (Å²) in [6.07, 6.45) is -3.67. The molecule has 2 unspecified atom stereocenters. The average Bonchev–Trinajstić information content (AvgIpc) is 3.29. The Morgan fingerprint density at radius 1 is 1.37 bits per heavy atom. The van der Waals surface area contributed by atoms with Crippen LogP contribution < -0.4 is 10.3 Å². The van der Waals surface area contributed by atoms with Gasteiger partial charge in [0.1, 0.15) is 5.75 Å². The van der Waals surface area contributed by atoms with Crippen molar-refractivity contribution in [2.45, 2.75) is 25.4 Å².